The second-order valence-electron chi connectivity index (χ2n) is 4.41. The van der Waals surface area contributed by atoms with Crippen molar-refractivity contribution < 1.29 is 4.92 Å². The third-order valence-electron chi connectivity index (χ3n) is 3.06. The first-order valence-electron chi connectivity index (χ1n) is 5.86. The average molecular weight is 331 g/mol. The van der Waals surface area contributed by atoms with Crippen LogP contribution in [0.5, 0.6) is 0 Å². The minimum Gasteiger partial charge on any atom is -0.381 e. The summed E-state index contributed by atoms with van der Waals surface area (Å²) in [5, 5.41) is 14.3. The Balaban J connectivity index is 2.21. The van der Waals surface area contributed by atoms with E-state index in [1.807, 2.05) is 11.8 Å². The number of thioether (sulfide) groups is 1. The molecule has 2 rings (SSSR count). The Labute approximate surface area is 119 Å². The van der Waals surface area contributed by atoms with Crippen molar-refractivity contribution in [3.05, 3.63) is 32.3 Å². The van der Waals surface area contributed by atoms with Gasteiger partial charge in [0.15, 0.2) is 0 Å². The second-order valence-corrected chi connectivity index (χ2v) is 6.49. The zero-order valence-corrected chi connectivity index (χ0v) is 12.5. The van der Waals surface area contributed by atoms with E-state index in [4.69, 9.17) is 0 Å². The zero-order chi connectivity index (χ0) is 13.1. The maximum absolute atomic E-state index is 10.9. The molecule has 1 saturated heterocycles. The number of nitrogens with one attached hydrogen (secondary N) is 1. The van der Waals surface area contributed by atoms with Gasteiger partial charge >= 0.3 is 0 Å². The number of hydrogen-bond donors (Lipinski definition) is 1. The molecule has 4 nitrogen and oxygen atoms in total. The Bertz CT molecular complexity index is 462. The lowest BCUT2D eigenvalue weighted by atomic mass is 10.1. The summed E-state index contributed by atoms with van der Waals surface area (Å²) in [6.07, 6.45) is 2.22. The van der Waals surface area contributed by atoms with Crippen molar-refractivity contribution in [3.8, 4) is 0 Å². The smallest absolute Gasteiger partial charge is 0.274 e. The summed E-state index contributed by atoms with van der Waals surface area (Å²) in [5.74, 6) is 2.31. The number of rotatable bonds is 3. The van der Waals surface area contributed by atoms with E-state index in [2.05, 4.69) is 21.2 Å². The Morgan fingerprint density at radius 3 is 2.72 bits per heavy atom. The molecule has 6 heteroatoms. The predicted molar refractivity (Wildman–Crippen MR) is 79.5 cm³/mol. The first kappa shape index (κ1) is 13.7. The molecule has 1 aliphatic heterocycles. The van der Waals surface area contributed by atoms with E-state index in [1.54, 1.807) is 19.1 Å². The highest BCUT2D eigenvalue weighted by Crippen LogP contribution is 2.32. The van der Waals surface area contributed by atoms with Gasteiger partial charge in [-0.2, -0.15) is 11.8 Å². The van der Waals surface area contributed by atoms with Crippen LogP contribution in [0, 0.1) is 17.0 Å². The minimum atomic E-state index is -0.330. The third kappa shape index (κ3) is 3.17. The first-order valence-corrected chi connectivity index (χ1v) is 7.81. The summed E-state index contributed by atoms with van der Waals surface area (Å²) < 4.78 is 0.892. The molecule has 1 fully saturated rings. The van der Waals surface area contributed by atoms with Crippen molar-refractivity contribution in [3.63, 3.8) is 0 Å². The Morgan fingerprint density at radius 2 is 2.11 bits per heavy atom. The highest BCUT2D eigenvalue weighted by atomic mass is 79.9. The Kier molecular flexibility index (Phi) is 4.50. The number of nitro groups is 1. The van der Waals surface area contributed by atoms with Gasteiger partial charge in [-0.1, -0.05) is 0 Å². The monoisotopic (exact) mass is 330 g/mol. The van der Waals surface area contributed by atoms with Gasteiger partial charge in [-0.25, -0.2) is 0 Å². The van der Waals surface area contributed by atoms with E-state index in [9.17, 15) is 10.1 Å². The summed E-state index contributed by atoms with van der Waals surface area (Å²) in [6, 6.07) is 3.85. The molecule has 0 aliphatic carbocycles. The molecule has 0 amide bonds. The number of hydrogen-bond acceptors (Lipinski definition) is 4. The SMILES string of the molecule is Cc1cc(Br)c(NC2CCSCC2)cc1[N+](=O)[O-]. The average Bonchev–Trinajstić information content (AvgIpc) is 2.33. The van der Waals surface area contributed by atoms with Gasteiger partial charge in [0.1, 0.15) is 0 Å². The summed E-state index contributed by atoms with van der Waals surface area (Å²) in [5.41, 5.74) is 1.67. The van der Waals surface area contributed by atoms with Gasteiger partial charge in [0.25, 0.3) is 5.69 Å². The minimum absolute atomic E-state index is 0.172. The van der Waals surface area contributed by atoms with Gasteiger partial charge in [-0.15, -0.1) is 0 Å². The molecule has 1 aromatic rings. The fourth-order valence-electron chi connectivity index (χ4n) is 2.03. The highest BCUT2D eigenvalue weighted by molar-refractivity contribution is 9.10. The molecule has 0 aromatic heterocycles. The number of nitro benzene ring substituents is 1. The van der Waals surface area contributed by atoms with Crippen molar-refractivity contribution in [2.24, 2.45) is 0 Å². The molecular formula is C12H15BrN2O2S. The van der Waals surface area contributed by atoms with Gasteiger partial charge in [0.2, 0.25) is 0 Å². The third-order valence-corrected chi connectivity index (χ3v) is 4.77. The highest BCUT2D eigenvalue weighted by Gasteiger charge is 2.18. The molecule has 0 atom stereocenters. The summed E-state index contributed by atoms with van der Waals surface area (Å²) in [4.78, 5) is 10.6. The van der Waals surface area contributed by atoms with Crippen molar-refractivity contribution in [2.45, 2.75) is 25.8 Å². The molecule has 0 bridgehead atoms. The lowest BCUT2D eigenvalue weighted by Gasteiger charge is -2.24. The quantitative estimate of drug-likeness (QED) is 0.672. The largest absolute Gasteiger partial charge is 0.381 e. The summed E-state index contributed by atoms with van der Waals surface area (Å²) >= 11 is 5.43. The predicted octanol–water partition coefficient (Wildman–Crippen LogP) is 3.97. The maximum atomic E-state index is 10.9. The molecule has 0 radical (unpaired) electrons. The summed E-state index contributed by atoms with van der Waals surface area (Å²) in [7, 11) is 0. The van der Waals surface area contributed by atoms with E-state index >= 15 is 0 Å². The topological polar surface area (TPSA) is 55.2 Å². The lowest BCUT2D eigenvalue weighted by molar-refractivity contribution is -0.385. The fraction of sp³-hybridized carbons (Fsp3) is 0.500. The fourth-order valence-corrected chi connectivity index (χ4v) is 3.71. The zero-order valence-electron chi connectivity index (χ0n) is 10.1. The number of aryl methyl sites for hydroxylation is 1. The van der Waals surface area contributed by atoms with Crippen molar-refractivity contribution in [2.75, 3.05) is 16.8 Å². The number of benzene rings is 1. The van der Waals surface area contributed by atoms with Gasteiger partial charge < -0.3 is 5.32 Å². The van der Waals surface area contributed by atoms with Crippen molar-refractivity contribution in [1.82, 2.24) is 0 Å². The van der Waals surface area contributed by atoms with Crippen molar-refractivity contribution in [1.29, 1.82) is 0 Å². The van der Waals surface area contributed by atoms with E-state index in [-0.39, 0.29) is 10.6 Å². The second kappa shape index (κ2) is 5.93. The van der Waals surface area contributed by atoms with Gasteiger partial charge in [0.05, 0.1) is 10.6 Å². The van der Waals surface area contributed by atoms with Crippen LogP contribution in [0.25, 0.3) is 0 Å². The van der Waals surface area contributed by atoms with Crippen LogP contribution in [0.4, 0.5) is 11.4 Å². The van der Waals surface area contributed by atoms with Crippen LogP contribution in [0.15, 0.2) is 16.6 Å². The molecule has 0 unspecified atom stereocenters. The Hall–Kier alpha value is -0.750. The van der Waals surface area contributed by atoms with E-state index in [1.165, 1.54) is 0 Å². The molecule has 98 valence electrons. The molecule has 0 spiro atoms. The standard InChI is InChI=1S/C12H15BrN2O2S/c1-8-6-10(13)11(7-12(8)15(16)17)14-9-2-4-18-5-3-9/h6-7,9,14H,2-5H2,1H3. The molecule has 0 saturated carbocycles. The van der Waals surface area contributed by atoms with Crippen LogP contribution in [0.2, 0.25) is 0 Å². The van der Waals surface area contributed by atoms with Crippen LogP contribution in [-0.4, -0.2) is 22.5 Å². The molecule has 1 aliphatic rings. The van der Waals surface area contributed by atoms with Crippen LogP contribution in [-0.2, 0) is 0 Å². The van der Waals surface area contributed by atoms with E-state index in [0.29, 0.717) is 11.6 Å². The number of nitrogens with zero attached hydrogens (tertiary/aromatic N) is 1. The van der Waals surface area contributed by atoms with Gasteiger partial charge in [0, 0.05) is 22.1 Å². The molecule has 1 aromatic carbocycles. The summed E-state index contributed by atoms with van der Waals surface area (Å²) in [6.45, 7) is 1.75. The first-order chi connectivity index (χ1) is 8.58. The lowest BCUT2D eigenvalue weighted by Crippen LogP contribution is -2.24. The van der Waals surface area contributed by atoms with Crippen LogP contribution in [0.3, 0.4) is 0 Å². The van der Waals surface area contributed by atoms with Gasteiger partial charge in [-0.3, -0.25) is 10.1 Å². The molecular weight excluding hydrogens is 316 g/mol. The van der Waals surface area contributed by atoms with Crippen LogP contribution in [0.1, 0.15) is 18.4 Å². The number of anilines is 1. The molecule has 18 heavy (non-hydrogen) atoms. The van der Waals surface area contributed by atoms with Gasteiger partial charge in [-0.05, 0) is 53.3 Å². The molecule has 1 heterocycles. The van der Waals surface area contributed by atoms with E-state index < -0.39 is 0 Å². The van der Waals surface area contributed by atoms with Crippen molar-refractivity contribution >= 4 is 39.1 Å². The Morgan fingerprint density at radius 1 is 1.44 bits per heavy atom. The van der Waals surface area contributed by atoms with E-state index in [0.717, 1.165) is 34.5 Å². The van der Waals surface area contributed by atoms with Crippen LogP contribution < -0.4 is 5.32 Å². The maximum Gasteiger partial charge on any atom is 0.274 e. The normalized spacial score (nSPS) is 16.6. The van der Waals surface area contributed by atoms with Crippen LogP contribution >= 0.6 is 27.7 Å². The number of halogens is 1. The molecule has 1 N–H and O–H groups in total.